The van der Waals surface area contributed by atoms with Gasteiger partial charge in [-0.1, -0.05) is 18.2 Å². The summed E-state index contributed by atoms with van der Waals surface area (Å²) in [5, 5.41) is 18.2. The highest BCUT2D eigenvalue weighted by molar-refractivity contribution is 14.1. The minimum absolute atomic E-state index is 0.000110. The topological polar surface area (TPSA) is 74.6 Å². The van der Waals surface area contributed by atoms with Crippen LogP contribution in [0.2, 0.25) is 0 Å². The fraction of sp³-hybridized carbons (Fsp3) is 0.273. The Morgan fingerprint density at radius 2 is 2.06 bits per heavy atom. The van der Waals surface area contributed by atoms with Crippen LogP contribution in [-0.2, 0) is 16.0 Å². The highest BCUT2D eigenvalue weighted by atomic mass is 127. The Balaban J connectivity index is 3.13. The maximum Gasteiger partial charge on any atom is 0.337 e. The average Bonchev–Trinajstić information content (AvgIpc) is 2.19. The number of rotatable bonds is 4. The molecule has 1 aromatic carbocycles. The van der Waals surface area contributed by atoms with E-state index in [4.69, 9.17) is 5.11 Å². The van der Waals surface area contributed by atoms with Crippen molar-refractivity contribution in [2.75, 3.05) is 0 Å². The molecule has 0 fully saturated rings. The number of carboxylic acids is 1. The molecule has 0 bridgehead atoms. The molecule has 0 saturated heterocycles. The van der Waals surface area contributed by atoms with Gasteiger partial charge in [-0.3, -0.25) is 4.79 Å². The van der Waals surface area contributed by atoms with Crippen molar-refractivity contribution in [2.24, 2.45) is 0 Å². The molecule has 0 saturated carbocycles. The summed E-state index contributed by atoms with van der Waals surface area (Å²) in [7, 11) is 0. The number of carboxylic acid groups (broad SMARTS) is 1. The van der Waals surface area contributed by atoms with E-state index in [1.807, 2.05) is 22.6 Å². The summed E-state index contributed by atoms with van der Waals surface area (Å²) in [6.45, 7) is 1.47. The van der Waals surface area contributed by atoms with Crippen LogP contribution in [0.25, 0.3) is 0 Å². The van der Waals surface area contributed by atoms with Gasteiger partial charge in [-0.2, -0.15) is 0 Å². The first-order chi connectivity index (χ1) is 7.43. The van der Waals surface area contributed by atoms with Crippen molar-refractivity contribution in [2.45, 2.75) is 19.4 Å². The number of aliphatic hydroxyl groups is 1. The third-order valence-corrected chi connectivity index (χ3v) is 3.39. The minimum Gasteiger partial charge on any atom is -0.479 e. The van der Waals surface area contributed by atoms with E-state index >= 15 is 0 Å². The zero-order valence-electron chi connectivity index (χ0n) is 8.61. The van der Waals surface area contributed by atoms with Crippen LogP contribution in [0.5, 0.6) is 0 Å². The predicted molar refractivity (Wildman–Crippen MR) is 66.1 cm³/mol. The molecule has 1 unspecified atom stereocenters. The van der Waals surface area contributed by atoms with Gasteiger partial charge in [-0.25, -0.2) is 4.79 Å². The second-order valence-corrected chi connectivity index (χ2v) is 4.52. The predicted octanol–water partition coefficient (Wildman–Crippen LogP) is 1.54. The van der Waals surface area contributed by atoms with Gasteiger partial charge in [-0.05, 0) is 35.1 Å². The van der Waals surface area contributed by atoms with Gasteiger partial charge in [-0.15, -0.1) is 0 Å². The maximum atomic E-state index is 11.0. The zero-order chi connectivity index (χ0) is 12.3. The number of aliphatic carboxylic acids is 1. The van der Waals surface area contributed by atoms with Crippen LogP contribution in [0.15, 0.2) is 18.2 Å². The summed E-state index contributed by atoms with van der Waals surface area (Å²) >= 11 is 1.95. The number of aliphatic hydroxyl groups excluding tert-OH is 1. The molecule has 86 valence electrons. The van der Waals surface area contributed by atoms with E-state index in [-0.39, 0.29) is 12.2 Å². The molecule has 0 amide bonds. The Morgan fingerprint density at radius 1 is 1.44 bits per heavy atom. The van der Waals surface area contributed by atoms with Gasteiger partial charge in [0.15, 0.2) is 6.10 Å². The third kappa shape index (κ3) is 3.02. The van der Waals surface area contributed by atoms with Crippen molar-refractivity contribution in [1.82, 2.24) is 0 Å². The molecule has 0 aromatic heterocycles. The van der Waals surface area contributed by atoms with Gasteiger partial charge >= 0.3 is 5.97 Å². The van der Waals surface area contributed by atoms with Crippen molar-refractivity contribution in [3.63, 3.8) is 0 Å². The lowest BCUT2D eigenvalue weighted by atomic mass is 10.0. The molecular formula is C11H11IO4. The average molecular weight is 334 g/mol. The van der Waals surface area contributed by atoms with Crippen LogP contribution < -0.4 is 0 Å². The summed E-state index contributed by atoms with van der Waals surface area (Å²) in [4.78, 5) is 21.7. The Bertz CT molecular complexity index is 428. The molecule has 1 aromatic rings. The number of Topliss-reactive ketones (excluding diaryl/α,β-unsaturated/α-hetero) is 1. The largest absolute Gasteiger partial charge is 0.479 e. The minimum atomic E-state index is -1.54. The van der Waals surface area contributed by atoms with Crippen molar-refractivity contribution in [1.29, 1.82) is 0 Å². The van der Waals surface area contributed by atoms with Crippen LogP contribution in [0.4, 0.5) is 0 Å². The number of carbonyl (C=O) groups is 2. The van der Waals surface area contributed by atoms with E-state index in [2.05, 4.69) is 0 Å². The highest BCUT2D eigenvalue weighted by Crippen LogP contribution is 2.24. The van der Waals surface area contributed by atoms with E-state index in [0.29, 0.717) is 9.13 Å². The molecule has 1 atom stereocenters. The second kappa shape index (κ2) is 5.40. The molecule has 0 heterocycles. The monoisotopic (exact) mass is 334 g/mol. The van der Waals surface area contributed by atoms with Gasteiger partial charge in [0.25, 0.3) is 0 Å². The number of hydrogen-bond acceptors (Lipinski definition) is 3. The molecule has 0 spiro atoms. The Morgan fingerprint density at radius 3 is 2.56 bits per heavy atom. The lowest BCUT2D eigenvalue weighted by Crippen LogP contribution is -2.13. The van der Waals surface area contributed by atoms with Crippen molar-refractivity contribution >= 4 is 34.3 Å². The van der Waals surface area contributed by atoms with Gasteiger partial charge in [0, 0.05) is 15.6 Å². The molecule has 0 aliphatic heterocycles. The molecule has 5 heteroatoms. The van der Waals surface area contributed by atoms with Crippen LogP contribution in [0.3, 0.4) is 0 Å². The fourth-order valence-corrected chi connectivity index (χ4v) is 2.19. The summed E-state index contributed by atoms with van der Waals surface area (Å²) in [5.74, 6) is -1.29. The van der Waals surface area contributed by atoms with Crippen LogP contribution >= 0.6 is 22.6 Å². The number of carbonyl (C=O) groups excluding carboxylic acids is 1. The summed E-state index contributed by atoms with van der Waals surface area (Å²) in [6.07, 6.45) is -1.29. The van der Waals surface area contributed by atoms with Gasteiger partial charge < -0.3 is 10.2 Å². The van der Waals surface area contributed by atoms with Crippen LogP contribution in [0, 0.1) is 3.57 Å². The molecule has 2 N–H and O–H groups in total. The second-order valence-electron chi connectivity index (χ2n) is 3.44. The summed E-state index contributed by atoms with van der Waals surface area (Å²) < 4.78 is 0.630. The molecule has 4 nitrogen and oxygen atoms in total. The molecule has 0 aliphatic carbocycles. The first-order valence-electron chi connectivity index (χ1n) is 4.61. The number of benzene rings is 1. The standard InChI is InChI=1S/C11H11IO4/c1-6(13)5-7-3-2-4-8(9(7)12)10(14)11(15)16/h2-4,10,14H,5H2,1H3,(H,15,16). The zero-order valence-corrected chi connectivity index (χ0v) is 10.8. The quantitative estimate of drug-likeness (QED) is 0.819. The van der Waals surface area contributed by atoms with Crippen molar-refractivity contribution in [3.05, 3.63) is 32.9 Å². The van der Waals surface area contributed by atoms with E-state index in [1.54, 1.807) is 18.2 Å². The van der Waals surface area contributed by atoms with Crippen LogP contribution in [0.1, 0.15) is 24.2 Å². The van der Waals surface area contributed by atoms with Crippen molar-refractivity contribution in [3.8, 4) is 0 Å². The number of hydrogen-bond donors (Lipinski definition) is 2. The summed E-state index contributed by atoms with van der Waals surface area (Å²) in [5.41, 5.74) is 1.07. The smallest absolute Gasteiger partial charge is 0.337 e. The van der Waals surface area contributed by atoms with Crippen molar-refractivity contribution < 1.29 is 19.8 Å². The first kappa shape index (κ1) is 13.1. The lowest BCUT2D eigenvalue weighted by molar-refractivity contribution is -0.147. The highest BCUT2D eigenvalue weighted by Gasteiger charge is 2.20. The first-order valence-corrected chi connectivity index (χ1v) is 5.69. The van der Waals surface area contributed by atoms with E-state index in [9.17, 15) is 14.7 Å². The van der Waals surface area contributed by atoms with Gasteiger partial charge in [0.2, 0.25) is 0 Å². The maximum absolute atomic E-state index is 11.0. The van der Waals surface area contributed by atoms with Gasteiger partial charge in [0.1, 0.15) is 5.78 Å². The SMILES string of the molecule is CC(=O)Cc1cccc(C(O)C(=O)O)c1I. The molecule has 16 heavy (non-hydrogen) atoms. The lowest BCUT2D eigenvalue weighted by Gasteiger charge is -2.11. The van der Waals surface area contributed by atoms with Gasteiger partial charge in [0.05, 0.1) is 0 Å². The summed E-state index contributed by atoms with van der Waals surface area (Å²) in [6, 6.07) is 4.94. The molecule has 0 radical (unpaired) electrons. The number of halogens is 1. The normalized spacial score (nSPS) is 12.2. The Labute approximate surface area is 106 Å². The third-order valence-electron chi connectivity index (χ3n) is 2.08. The molecule has 0 aliphatic rings. The fourth-order valence-electron chi connectivity index (χ4n) is 1.35. The van der Waals surface area contributed by atoms with E-state index in [0.717, 1.165) is 5.56 Å². The molecular weight excluding hydrogens is 323 g/mol. The Kier molecular flexibility index (Phi) is 4.43. The van der Waals surface area contributed by atoms with E-state index < -0.39 is 12.1 Å². The number of ketones is 1. The Hall–Kier alpha value is -0.950. The van der Waals surface area contributed by atoms with E-state index in [1.165, 1.54) is 6.92 Å². The van der Waals surface area contributed by atoms with Crippen LogP contribution in [-0.4, -0.2) is 22.0 Å². The molecule has 1 rings (SSSR count).